The van der Waals surface area contributed by atoms with E-state index in [0.29, 0.717) is 4.88 Å². The molecule has 126 valence electrons. The fourth-order valence-electron chi connectivity index (χ4n) is 1.95. The number of hydrogen-bond acceptors (Lipinski definition) is 4. The maximum absolute atomic E-state index is 13.8. The fourth-order valence-corrected chi connectivity index (χ4v) is 2.59. The third-order valence-electron chi connectivity index (χ3n) is 3.29. The SMILES string of the molecule is Cc1c(F)cc(C(N)=O)cc1NC(=O)CCNC(=O)c1cccs1. The summed E-state index contributed by atoms with van der Waals surface area (Å²) in [6.07, 6.45) is 0.0129. The zero-order valence-corrected chi connectivity index (χ0v) is 13.7. The Morgan fingerprint density at radius 1 is 1.29 bits per heavy atom. The summed E-state index contributed by atoms with van der Waals surface area (Å²) in [7, 11) is 0. The molecule has 0 atom stereocenters. The first-order valence-electron chi connectivity index (χ1n) is 7.10. The first kappa shape index (κ1) is 17.6. The van der Waals surface area contributed by atoms with Crippen LogP contribution in [-0.4, -0.2) is 24.3 Å². The van der Waals surface area contributed by atoms with Gasteiger partial charge in [0.2, 0.25) is 11.8 Å². The van der Waals surface area contributed by atoms with Crippen molar-refractivity contribution in [3.05, 3.63) is 51.5 Å². The molecule has 0 spiro atoms. The lowest BCUT2D eigenvalue weighted by atomic mass is 10.1. The number of carbonyl (C=O) groups is 3. The van der Waals surface area contributed by atoms with Gasteiger partial charge in [-0.15, -0.1) is 11.3 Å². The fraction of sp³-hybridized carbons (Fsp3) is 0.188. The highest BCUT2D eigenvalue weighted by Gasteiger charge is 2.13. The molecule has 0 unspecified atom stereocenters. The molecule has 2 aromatic rings. The molecule has 0 radical (unpaired) electrons. The van der Waals surface area contributed by atoms with E-state index >= 15 is 0 Å². The third-order valence-corrected chi connectivity index (χ3v) is 4.15. The molecule has 0 aliphatic heterocycles. The van der Waals surface area contributed by atoms with Gasteiger partial charge in [-0.05, 0) is 30.5 Å². The van der Waals surface area contributed by atoms with Gasteiger partial charge in [-0.3, -0.25) is 14.4 Å². The van der Waals surface area contributed by atoms with Crippen molar-refractivity contribution >= 4 is 34.7 Å². The summed E-state index contributed by atoms with van der Waals surface area (Å²) in [5.41, 5.74) is 5.48. The van der Waals surface area contributed by atoms with Crippen LogP contribution >= 0.6 is 11.3 Å². The first-order valence-corrected chi connectivity index (χ1v) is 7.98. The highest BCUT2D eigenvalue weighted by Crippen LogP contribution is 2.20. The van der Waals surface area contributed by atoms with Gasteiger partial charge in [0.1, 0.15) is 5.82 Å². The van der Waals surface area contributed by atoms with Crippen LogP contribution in [-0.2, 0) is 4.79 Å². The highest BCUT2D eigenvalue weighted by atomic mass is 32.1. The molecule has 8 heteroatoms. The van der Waals surface area contributed by atoms with Gasteiger partial charge in [0.15, 0.2) is 0 Å². The molecule has 0 aliphatic carbocycles. The Labute approximate surface area is 141 Å². The van der Waals surface area contributed by atoms with Crippen LogP contribution in [0.2, 0.25) is 0 Å². The number of hydrogen-bond donors (Lipinski definition) is 3. The zero-order valence-electron chi connectivity index (χ0n) is 12.9. The Morgan fingerprint density at radius 2 is 2.04 bits per heavy atom. The summed E-state index contributed by atoms with van der Waals surface area (Å²) < 4.78 is 13.8. The molecule has 0 bridgehead atoms. The average Bonchev–Trinajstić information content (AvgIpc) is 3.05. The number of amides is 3. The van der Waals surface area contributed by atoms with Gasteiger partial charge < -0.3 is 16.4 Å². The molecule has 2 rings (SSSR count). The molecule has 4 N–H and O–H groups in total. The lowest BCUT2D eigenvalue weighted by Gasteiger charge is -2.11. The van der Waals surface area contributed by atoms with Gasteiger partial charge in [-0.25, -0.2) is 4.39 Å². The highest BCUT2D eigenvalue weighted by molar-refractivity contribution is 7.12. The van der Waals surface area contributed by atoms with Crippen LogP contribution in [0.3, 0.4) is 0 Å². The van der Waals surface area contributed by atoms with Crippen molar-refractivity contribution in [2.75, 3.05) is 11.9 Å². The number of carbonyl (C=O) groups excluding carboxylic acids is 3. The van der Waals surface area contributed by atoms with Crippen molar-refractivity contribution in [2.45, 2.75) is 13.3 Å². The summed E-state index contributed by atoms with van der Waals surface area (Å²) in [4.78, 5) is 35.4. The van der Waals surface area contributed by atoms with Gasteiger partial charge in [-0.1, -0.05) is 6.07 Å². The summed E-state index contributed by atoms with van der Waals surface area (Å²) in [6.45, 7) is 1.62. The number of primary amides is 1. The monoisotopic (exact) mass is 349 g/mol. The van der Waals surface area contributed by atoms with Crippen LogP contribution in [0, 0.1) is 12.7 Å². The number of halogens is 1. The van der Waals surface area contributed by atoms with Crippen LogP contribution < -0.4 is 16.4 Å². The number of thiophene rings is 1. The minimum atomic E-state index is -0.785. The standard InChI is InChI=1S/C16H16FN3O3S/c1-9-11(17)7-10(15(18)22)8-12(9)20-14(21)4-5-19-16(23)13-3-2-6-24-13/h2-3,6-8H,4-5H2,1H3,(H2,18,22)(H,19,23)(H,20,21). The molecular weight excluding hydrogens is 333 g/mol. The Morgan fingerprint density at radius 3 is 2.67 bits per heavy atom. The van der Waals surface area contributed by atoms with Gasteiger partial charge in [0, 0.05) is 29.8 Å². The molecule has 0 saturated carbocycles. The first-order chi connectivity index (χ1) is 11.4. The van der Waals surface area contributed by atoms with Crippen LogP contribution in [0.1, 0.15) is 32.0 Å². The van der Waals surface area contributed by atoms with E-state index in [4.69, 9.17) is 5.73 Å². The van der Waals surface area contributed by atoms with Gasteiger partial charge in [-0.2, -0.15) is 0 Å². The van der Waals surface area contributed by atoms with Gasteiger partial charge >= 0.3 is 0 Å². The predicted molar refractivity (Wildman–Crippen MR) is 89.6 cm³/mol. The van der Waals surface area contributed by atoms with Crippen LogP contribution in [0.15, 0.2) is 29.6 Å². The molecule has 0 fully saturated rings. The van der Waals surface area contributed by atoms with Gasteiger partial charge in [0.25, 0.3) is 5.91 Å². The van der Waals surface area contributed by atoms with E-state index in [2.05, 4.69) is 10.6 Å². The molecular formula is C16H16FN3O3S. The normalized spacial score (nSPS) is 10.2. The van der Waals surface area contributed by atoms with Gasteiger partial charge in [0.05, 0.1) is 4.88 Å². The van der Waals surface area contributed by atoms with E-state index in [-0.39, 0.29) is 35.7 Å². The molecule has 0 saturated heterocycles. The number of rotatable bonds is 6. The topological polar surface area (TPSA) is 101 Å². The third kappa shape index (κ3) is 4.39. The van der Waals surface area contributed by atoms with E-state index in [1.54, 1.807) is 17.5 Å². The second-order valence-electron chi connectivity index (χ2n) is 5.03. The molecule has 1 aromatic carbocycles. The maximum atomic E-state index is 13.8. The lowest BCUT2D eigenvalue weighted by molar-refractivity contribution is -0.116. The van der Waals surface area contributed by atoms with Crippen molar-refractivity contribution in [1.29, 1.82) is 0 Å². The van der Waals surface area contributed by atoms with Crippen molar-refractivity contribution in [3.63, 3.8) is 0 Å². The summed E-state index contributed by atoms with van der Waals surface area (Å²) in [5.74, 6) is -2.08. The second-order valence-corrected chi connectivity index (χ2v) is 5.97. The van der Waals surface area contributed by atoms with Crippen LogP contribution in [0.5, 0.6) is 0 Å². The van der Waals surface area contributed by atoms with Crippen molar-refractivity contribution in [1.82, 2.24) is 5.32 Å². The quantitative estimate of drug-likeness (QED) is 0.744. The number of nitrogens with two attached hydrogens (primary N) is 1. The molecule has 1 heterocycles. The molecule has 1 aromatic heterocycles. The van der Waals surface area contributed by atoms with E-state index in [9.17, 15) is 18.8 Å². The Kier molecular flexibility index (Phi) is 5.64. The summed E-state index contributed by atoms with van der Waals surface area (Å²) in [5, 5.41) is 6.92. The Balaban J connectivity index is 1.93. The molecule has 24 heavy (non-hydrogen) atoms. The van der Waals surface area contributed by atoms with Crippen LogP contribution in [0.25, 0.3) is 0 Å². The van der Waals surface area contributed by atoms with E-state index in [0.717, 1.165) is 6.07 Å². The van der Waals surface area contributed by atoms with E-state index in [1.807, 2.05) is 0 Å². The molecule has 6 nitrogen and oxygen atoms in total. The van der Waals surface area contributed by atoms with Crippen molar-refractivity contribution in [3.8, 4) is 0 Å². The lowest BCUT2D eigenvalue weighted by Crippen LogP contribution is -2.27. The Hall–Kier alpha value is -2.74. The average molecular weight is 349 g/mol. The maximum Gasteiger partial charge on any atom is 0.261 e. The number of nitrogens with one attached hydrogen (secondary N) is 2. The Bertz CT molecular complexity index is 775. The number of anilines is 1. The zero-order chi connectivity index (χ0) is 17.7. The molecule has 3 amide bonds. The van der Waals surface area contributed by atoms with Crippen LogP contribution in [0.4, 0.5) is 10.1 Å². The van der Waals surface area contributed by atoms with Crippen molar-refractivity contribution < 1.29 is 18.8 Å². The van der Waals surface area contributed by atoms with E-state index < -0.39 is 17.6 Å². The summed E-state index contributed by atoms with van der Waals surface area (Å²) in [6, 6.07) is 5.79. The minimum Gasteiger partial charge on any atom is -0.366 e. The largest absolute Gasteiger partial charge is 0.366 e. The number of benzene rings is 1. The molecule has 0 aliphatic rings. The minimum absolute atomic E-state index is 0.0129. The van der Waals surface area contributed by atoms with E-state index in [1.165, 1.54) is 24.3 Å². The smallest absolute Gasteiger partial charge is 0.261 e. The second kappa shape index (κ2) is 7.69. The summed E-state index contributed by atoms with van der Waals surface area (Å²) >= 11 is 1.30. The predicted octanol–water partition coefficient (Wildman–Crippen LogP) is 2.05. The van der Waals surface area contributed by atoms with Crippen molar-refractivity contribution in [2.24, 2.45) is 5.73 Å².